The second-order valence-electron chi connectivity index (χ2n) is 5.66. The molecule has 1 N–H and O–H groups in total. The number of hydrogen-bond acceptors (Lipinski definition) is 2. The topological polar surface area (TPSA) is 33.6 Å². The van der Waals surface area contributed by atoms with Crippen LogP contribution in [-0.4, -0.2) is 14.5 Å². The Hall–Kier alpha value is -1.16. The highest BCUT2D eigenvalue weighted by atomic mass is 32.1. The van der Waals surface area contributed by atoms with Gasteiger partial charge >= 0.3 is 0 Å². The quantitative estimate of drug-likeness (QED) is 0.784. The van der Waals surface area contributed by atoms with Crippen LogP contribution in [0.4, 0.5) is 0 Å². The Morgan fingerprint density at radius 1 is 1.39 bits per heavy atom. The molecule has 3 unspecified atom stereocenters. The van der Waals surface area contributed by atoms with Crippen molar-refractivity contribution in [3.63, 3.8) is 0 Å². The van der Waals surface area contributed by atoms with Crippen LogP contribution in [0.2, 0.25) is 0 Å². The number of aromatic nitrogens is 3. The van der Waals surface area contributed by atoms with Gasteiger partial charge in [-0.3, -0.25) is 4.98 Å². The molecule has 1 fully saturated rings. The zero-order chi connectivity index (χ0) is 12.7. The van der Waals surface area contributed by atoms with Crippen LogP contribution in [-0.2, 0) is 0 Å². The molecule has 2 aromatic rings. The lowest BCUT2D eigenvalue weighted by molar-refractivity contribution is 0.210. The van der Waals surface area contributed by atoms with Crippen LogP contribution in [0, 0.1) is 16.6 Å². The Balaban J connectivity index is 2.09. The predicted octanol–water partition coefficient (Wildman–Crippen LogP) is 4.09. The van der Waals surface area contributed by atoms with Crippen LogP contribution >= 0.6 is 12.2 Å². The summed E-state index contributed by atoms with van der Waals surface area (Å²) in [4.78, 5) is 7.42. The molecule has 2 heterocycles. The van der Waals surface area contributed by atoms with E-state index in [1.807, 2.05) is 12.4 Å². The number of nitrogens with zero attached hydrogens (tertiary/aromatic N) is 2. The van der Waals surface area contributed by atoms with E-state index in [0.717, 1.165) is 16.2 Å². The van der Waals surface area contributed by atoms with Gasteiger partial charge in [0.2, 0.25) is 0 Å². The molecule has 96 valence electrons. The minimum atomic E-state index is 0.532. The molecule has 0 bridgehead atoms. The van der Waals surface area contributed by atoms with Gasteiger partial charge in [-0.15, -0.1) is 0 Å². The summed E-state index contributed by atoms with van der Waals surface area (Å²) in [5, 5.41) is 0. The van der Waals surface area contributed by atoms with Crippen molar-refractivity contribution in [2.45, 2.75) is 39.2 Å². The van der Waals surface area contributed by atoms with Crippen molar-refractivity contribution in [1.29, 1.82) is 0 Å². The molecule has 4 heteroatoms. The van der Waals surface area contributed by atoms with Crippen LogP contribution in [0.25, 0.3) is 11.0 Å². The molecule has 1 saturated carbocycles. The first-order valence-corrected chi connectivity index (χ1v) is 7.12. The monoisotopic (exact) mass is 261 g/mol. The fourth-order valence-electron chi connectivity index (χ4n) is 3.34. The molecule has 3 rings (SSSR count). The molecular formula is C14H19N3S. The highest BCUT2D eigenvalue weighted by Gasteiger charge is 2.28. The summed E-state index contributed by atoms with van der Waals surface area (Å²) in [7, 11) is 0. The Bertz CT molecular complexity index is 613. The van der Waals surface area contributed by atoms with E-state index in [2.05, 4.69) is 34.4 Å². The molecule has 0 radical (unpaired) electrons. The molecule has 0 amide bonds. The summed E-state index contributed by atoms with van der Waals surface area (Å²) in [6.45, 7) is 4.70. The van der Waals surface area contributed by atoms with Crippen molar-refractivity contribution >= 4 is 23.3 Å². The number of fused-ring (bicyclic) bond motifs is 1. The Labute approximate surface area is 112 Å². The molecule has 3 nitrogen and oxygen atoms in total. The van der Waals surface area contributed by atoms with E-state index in [0.29, 0.717) is 12.0 Å². The summed E-state index contributed by atoms with van der Waals surface area (Å²) >= 11 is 5.50. The van der Waals surface area contributed by atoms with Gasteiger partial charge in [0.15, 0.2) is 4.77 Å². The predicted molar refractivity (Wildman–Crippen MR) is 76.1 cm³/mol. The van der Waals surface area contributed by atoms with Crippen LogP contribution in [0.1, 0.15) is 39.2 Å². The maximum absolute atomic E-state index is 5.50. The number of hydrogen-bond donors (Lipinski definition) is 1. The number of H-pyrrole nitrogens is 1. The molecule has 0 saturated heterocycles. The van der Waals surface area contributed by atoms with Gasteiger partial charge in [0, 0.05) is 12.2 Å². The van der Waals surface area contributed by atoms with Gasteiger partial charge in [-0.05, 0) is 49.4 Å². The van der Waals surface area contributed by atoms with Crippen molar-refractivity contribution in [3.05, 3.63) is 23.2 Å². The Kier molecular flexibility index (Phi) is 2.98. The van der Waals surface area contributed by atoms with Crippen molar-refractivity contribution in [1.82, 2.24) is 14.5 Å². The second-order valence-corrected chi connectivity index (χ2v) is 6.04. The minimum absolute atomic E-state index is 0.532. The third-order valence-electron chi connectivity index (χ3n) is 4.24. The number of aromatic amines is 1. The van der Waals surface area contributed by atoms with Crippen molar-refractivity contribution in [2.75, 3.05) is 0 Å². The van der Waals surface area contributed by atoms with Crippen molar-refractivity contribution < 1.29 is 0 Å². The summed E-state index contributed by atoms with van der Waals surface area (Å²) in [5.41, 5.74) is 2.25. The Morgan fingerprint density at radius 2 is 2.22 bits per heavy atom. The van der Waals surface area contributed by atoms with E-state index < -0.39 is 0 Å². The number of pyridine rings is 1. The number of imidazole rings is 1. The number of nitrogens with one attached hydrogen (secondary N) is 1. The van der Waals surface area contributed by atoms with Crippen LogP contribution in [0.5, 0.6) is 0 Å². The molecule has 0 aromatic carbocycles. The lowest BCUT2D eigenvalue weighted by atomic mass is 9.80. The molecule has 1 aliphatic rings. The van der Waals surface area contributed by atoms with Gasteiger partial charge in [0.1, 0.15) is 0 Å². The molecule has 3 atom stereocenters. The summed E-state index contributed by atoms with van der Waals surface area (Å²) in [6, 6.07) is 2.59. The van der Waals surface area contributed by atoms with E-state index in [9.17, 15) is 0 Å². The Morgan fingerprint density at radius 3 is 3.00 bits per heavy atom. The molecule has 1 aliphatic carbocycles. The van der Waals surface area contributed by atoms with Crippen LogP contribution in [0.3, 0.4) is 0 Å². The van der Waals surface area contributed by atoms with Gasteiger partial charge in [0.25, 0.3) is 0 Å². The lowest BCUT2D eigenvalue weighted by Gasteiger charge is -2.33. The highest BCUT2D eigenvalue weighted by molar-refractivity contribution is 7.71. The van der Waals surface area contributed by atoms with Crippen molar-refractivity contribution in [2.24, 2.45) is 11.8 Å². The van der Waals surface area contributed by atoms with Gasteiger partial charge in [-0.1, -0.05) is 13.8 Å². The van der Waals surface area contributed by atoms with Gasteiger partial charge in [-0.25, -0.2) is 0 Å². The molecule has 0 spiro atoms. The van der Waals surface area contributed by atoms with Gasteiger partial charge in [-0.2, -0.15) is 0 Å². The van der Waals surface area contributed by atoms with Crippen LogP contribution in [0.15, 0.2) is 18.5 Å². The fourth-order valence-corrected chi connectivity index (χ4v) is 3.68. The fraction of sp³-hybridized carbons (Fsp3) is 0.571. The third-order valence-corrected chi connectivity index (χ3v) is 4.53. The van der Waals surface area contributed by atoms with Crippen LogP contribution < -0.4 is 0 Å². The highest BCUT2D eigenvalue weighted by Crippen LogP contribution is 2.38. The van der Waals surface area contributed by atoms with Crippen molar-refractivity contribution in [3.8, 4) is 0 Å². The first kappa shape index (κ1) is 11.9. The average molecular weight is 261 g/mol. The number of rotatable bonds is 1. The molecular weight excluding hydrogens is 242 g/mol. The third kappa shape index (κ3) is 1.88. The minimum Gasteiger partial charge on any atom is -0.329 e. The van der Waals surface area contributed by atoms with E-state index in [1.54, 1.807) is 0 Å². The molecule has 2 aromatic heterocycles. The molecule has 0 aliphatic heterocycles. The molecule has 18 heavy (non-hydrogen) atoms. The van der Waals surface area contributed by atoms with Gasteiger partial charge < -0.3 is 9.55 Å². The largest absolute Gasteiger partial charge is 0.329 e. The van der Waals surface area contributed by atoms with E-state index in [4.69, 9.17) is 12.2 Å². The summed E-state index contributed by atoms with van der Waals surface area (Å²) in [6.07, 6.45) is 7.53. The zero-order valence-electron chi connectivity index (χ0n) is 10.9. The summed E-state index contributed by atoms with van der Waals surface area (Å²) in [5.74, 6) is 1.53. The van der Waals surface area contributed by atoms with E-state index in [1.165, 1.54) is 24.8 Å². The normalized spacial score (nSPS) is 28.7. The standard InChI is InChI=1S/C14H19N3S/c1-9-3-4-12(10(2)7-9)17-13-5-6-15-8-11(13)16-14(17)18/h5-6,8-10,12H,3-4,7H2,1-2H3,(H,16,18). The first-order valence-electron chi connectivity index (χ1n) is 6.71. The van der Waals surface area contributed by atoms with E-state index in [-0.39, 0.29) is 0 Å². The maximum atomic E-state index is 5.50. The SMILES string of the molecule is CC1CCC(n2c(=S)[nH]c3cnccc32)C(C)C1. The van der Waals surface area contributed by atoms with Gasteiger partial charge in [0.05, 0.1) is 17.2 Å². The zero-order valence-corrected chi connectivity index (χ0v) is 11.7. The smallest absolute Gasteiger partial charge is 0.178 e. The van der Waals surface area contributed by atoms with E-state index >= 15 is 0 Å². The first-order chi connectivity index (χ1) is 8.66. The second kappa shape index (κ2) is 4.50. The lowest BCUT2D eigenvalue weighted by Crippen LogP contribution is -2.24. The summed E-state index contributed by atoms with van der Waals surface area (Å²) < 4.78 is 3.15. The maximum Gasteiger partial charge on any atom is 0.178 e. The average Bonchev–Trinajstić information content (AvgIpc) is 2.66.